The predicted octanol–water partition coefficient (Wildman–Crippen LogP) is 3.41. The van der Waals surface area contributed by atoms with E-state index >= 15 is 0 Å². The lowest BCUT2D eigenvalue weighted by molar-refractivity contribution is -0.151. The molecule has 1 aliphatic rings. The number of hydrogen-bond acceptors (Lipinski definition) is 2. The Kier molecular flexibility index (Phi) is 4.97. The molecule has 0 aliphatic heterocycles. The molecule has 0 aromatic heterocycles. The number of thioether (sulfide) groups is 1. The fourth-order valence-corrected chi connectivity index (χ4v) is 3.10. The fourth-order valence-electron chi connectivity index (χ4n) is 2.51. The van der Waals surface area contributed by atoms with Crippen molar-refractivity contribution in [3.63, 3.8) is 0 Å². The molecule has 1 aliphatic carbocycles. The Balaban J connectivity index is 2.56. The van der Waals surface area contributed by atoms with Gasteiger partial charge in [-0.1, -0.05) is 13.3 Å². The molecule has 88 valence electrons. The van der Waals surface area contributed by atoms with E-state index in [9.17, 15) is 9.90 Å². The number of rotatable bonds is 5. The maximum atomic E-state index is 11.4. The van der Waals surface area contributed by atoms with Gasteiger partial charge < -0.3 is 5.11 Å². The molecular formula is C12H22O2S. The number of hydrogen-bond donors (Lipinski definition) is 1. The quantitative estimate of drug-likeness (QED) is 0.786. The van der Waals surface area contributed by atoms with Crippen molar-refractivity contribution in [3.05, 3.63) is 0 Å². The van der Waals surface area contributed by atoms with Crippen LogP contribution >= 0.6 is 11.8 Å². The summed E-state index contributed by atoms with van der Waals surface area (Å²) >= 11 is 1.75. The molecule has 0 unspecified atom stereocenters. The summed E-state index contributed by atoms with van der Waals surface area (Å²) in [5.74, 6) is 1.18. The van der Waals surface area contributed by atoms with Crippen LogP contribution in [0.1, 0.15) is 45.4 Å². The van der Waals surface area contributed by atoms with E-state index in [-0.39, 0.29) is 0 Å². The molecule has 15 heavy (non-hydrogen) atoms. The molecule has 1 N–H and O–H groups in total. The zero-order valence-electron chi connectivity index (χ0n) is 9.79. The highest BCUT2D eigenvalue weighted by molar-refractivity contribution is 7.98. The van der Waals surface area contributed by atoms with Crippen LogP contribution in [0.5, 0.6) is 0 Å². The van der Waals surface area contributed by atoms with Crippen LogP contribution in [-0.4, -0.2) is 23.1 Å². The summed E-state index contributed by atoms with van der Waals surface area (Å²) in [6, 6.07) is 0. The summed E-state index contributed by atoms with van der Waals surface area (Å²) in [6.07, 6.45) is 8.10. The number of carboxylic acids is 1. The number of aliphatic carboxylic acids is 1. The monoisotopic (exact) mass is 230 g/mol. The van der Waals surface area contributed by atoms with E-state index in [4.69, 9.17) is 0 Å². The Bertz CT molecular complexity index is 208. The second-order valence-electron chi connectivity index (χ2n) is 4.68. The van der Waals surface area contributed by atoms with Gasteiger partial charge in [-0.3, -0.25) is 4.79 Å². The van der Waals surface area contributed by atoms with Crippen molar-refractivity contribution >= 4 is 17.7 Å². The molecule has 0 atom stereocenters. The second-order valence-corrected chi connectivity index (χ2v) is 5.67. The third-order valence-electron chi connectivity index (χ3n) is 3.88. The van der Waals surface area contributed by atoms with Crippen molar-refractivity contribution in [2.45, 2.75) is 45.4 Å². The minimum atomic E-state index is -0.564. The van der Waals surface area contributed by atoms with E-state index in [2.05, 4.69) is 6.92 Å². The first kappa shape index (κ1) is 12.9. The van der Waals surface area contributed by atoms with Gasteiger partial charge in [0.15, 0.2) is 0 Å². The average Bonchev–Trinajstić information content (AvgIpc) is 2.27. The normalized spacial score (nSPS) is 31.5. The van der Waals surface area contributed by atoms with Crippen molar-refractivity contribution in [1.82, 2.24) is 0 Å². The lowest BCUT2D eigenvalue weighted by Crippen LogP contribution is -2.36. The molecule has 0 amide bonds. The summed E-state index contributed by atoms with van der Waals surface area (Å²) in [5, 5.41) is 9.37. The highest BCUT2D eigenvalue weighted by Gasteiger charge is 2.40. The Morgan fingerprint density at radius 1 is 1.47 bits per heavy atom. The molecule has 1 saturated carbocycles. The largest absolute Gasteiger partial charge is 0.481 e. The highest BCUT2D eigenvalue weighted by Crippen LogP contribution is 2.43. The van der Waals surface area contributed by atoms with Crippen molar-refractivity contribution in [3.8, 4) is 0 Å². The minimum Gasteiger partial charge on any atom is -0.481 e. The maximum Gasteiger partial charge on any atom is 0.309 e. The molecular weight excluding hydrogens is 208 g/mol. The lowest BCUT2D eigenvalue weighted by Gasteiger charge is -2.36. The molecule has 0 bridgehead atoms. The van der Waals surface area contributed by atoms with Crippen LogP contribution in [0.2, 0.25) is 0 Å². The van der Waals surface area contributed by atoms with Crippen molar-refractivity contribution in [2.24, 2.45) is 11.3 Å². The summed E-state index contributed by atoms with van der Waals surface area (Å²) in [5.41, 5.74) is -0.394. The molecule has 2 nitrogen and oxygen atoms in total. The maximum absolute atomic E-state index is 11.4. The highest BCUT2D eigenvalue weighted by atomic mass is 32.2. The number of carboxylic acid groups (broad SMARTS) is 1. The summed E-state index contributed by atoms with van der Waals surface area (Å²) in [4.78, 5) is 11.4. The van der Waals surface area contributed by atoms with Crippen molar-refractivity contribution in [1.29, 1.82) is 0 Å². The van der Waals surface area contributed by atoms with Crippen LogP contribution in [0.15, 0.2) is 0 Å². The first-order valence-corrected chi connectivity index (χ1v) is 7.26. The number of carbonyl (C=O) groups is 1. The van der Waals surface area contributed by atoms with E-state index in [0.717, 1.165) is 43.8 Å². The van der Waals surface area contributed by atoms with E-state index in [1.807, 2.05) is 6.26 Å². The SMILES string of the molecule is CCC1CCC(CCSC)(C(=O)O)CC1. The smallest absolute Gasteiger partial charge is 0.309 e. The van der Waals surface area contributed by atoms with E-state index in [1.54, 1.807) is 11.8 Å². The molecule has 1 rings (SSSR count). The second kappa shape index (κ2) is 5.78. The molecule has 0 heterocycles. The zero-order chi connectivity index (χ0) is 11.3. The molecule has 3 heteroatoms. The molecule has 0 aromatic rings. The predicted molar refractivity (Wildman–Crippen MR) is 65.3 cm³/mol. The Hall–Kier alpha value is -0.180. The van der Waals surface area contributed by atoms with Crippen LogP contribution in [-0.2, 0) is 4.79 Å². The van der Waals surface area contributed by atoms with Crippen LogP contribution in [0.25, 0.3) is 0 Å². The minimum absolute atomic E-state index is 0.394. The van der Waals surface area contributed by atoms with Crippen LogP contribution < -0.4 is 0 Å². The Morgan fingerprint density at radius 2 is 2.07 bits per heavy atom. The fraction of sp³-hybridized carbons (Fsp3) is 0.917. The van der Waals surface area contributed by atoms with Gasteiger partial charge in [0.25, 0.3) is 0 Å². The molecule has 0 spiro atoms. The van der Waals surface area contributed by atoms with E-state index in [0.29, 0.717) is 0 Å². The summed E-state index contributed by atoms with van der Waals surface area (Å²) in [6.45, 7) is 2.21. The first-order chi connectivity index (χ1) is 7.14. The van der Waals surface area contributed by atoms with Gasteiger partial charge in [-0.15, -0.1) is 0 Å². The van der Waals surface area contributed by atoms with Gasteiger partial charge in [0, 0.05) is 0 Å². The van der Waals surface area contributed by atoms with Gasteiger partial charge >= 0.3 is 5.97 Å². The van der Waals surface area contributed by atoms with Gasteiger partial charge in [0.1, 0.15) is 0 Å². The van der Waals surface area contributed by atoms with Crippen LogP contribution in [0, 0.1) is 11.3 Å². The van der Waals surface area contributed by atoms with Crippen molar-refractivity contribution < 1.29 is 9.90 Å². The van der Waals surface area contributed by atoms with Gasteiger partial charge in [0.05, 0.1) is 5.41 Å². The molecule has 0 radical (unpaired) electrons. The van der Waals surface area contributed by atoms with Gasteiger partial charge in [-0.25, -0.2) is 0 Å². The lowest BCUT2D eigenvalue weighted by atomic mass is 9.68. The Labute approximate surface area is 96.8 Å². The average molecular weight is 230 g/mol. The van der Waals surface area contributed by atoms with Crippen LogP contribution in [0.4, 0.5) is 0 Å². The molecule has 0 saturated heterocycles. The standard InChI is InChI=1S/C12H22O2S/c1-3-10-4-6-12(7-5-10,11(13)14)8-9-15-2/h10H,3-9H2,1-2H3,(H,13,14). The third kappa shape index (κ3) is 3.13. The van der Waals surface area contributed by atoms with Crippen molar-refractivity contribution in [2.75, 3.05) is 12.0 Å². The first-order valence-electron chi connectivity index (χ1n) is 5.87. The van der Waals surface area contributed by atoms with Gasteiger partial charge in [0.2, 0.25) is 0 Å². The van der Waals surface area contributed by atoms with E-state index in [1.165, 1.54) is 6.42 Å². The third-order valence-corrected chi connectivity index (χ3v) is 4.49. The molecule has 0 aromatic carbocycles. The zero-order valence-corrected chi connectivity index (χ0v) is 10.6. The summed E-state index contributed by atoms with van der Waals surface area (Å²) < 4.78 is 0. The van der Waals surface area contributed by atoms with E-state index < -0.39 is 11.4 Å². The molecule has 1 fully saturated rings. The van der Waals surface area contributed by atoms with Gasteiger partial charge in [-0.05, 0) is 50.0 Å². The summed E-state index contributed by atoms with van der Waals surface area (Å²) in [7, 11) is 0. The van der Waals surface area contributed by atoms with Gasteiger partial charge in [-0.2, -0.15) is 11.8 Å². The van der Waals surface area contributed by atoms with Crippen LogP contribution in [0.3, 0.4) is 0 Å². The Morgan fingerprint density at radius 3 is 2.47 bits per heavy atom. The topological polar surface area (TPSA) is 37.3 Å².